The lowest BCUT2D eigenvalue weighted by molar-refractivity contribution is -0.122. The number of nitrogens with one attached hydrogen (secondary N) is 1. The van der Waals surface area contributed by atoms with E-state index < -0.39 is 0 Å². The Morgan fingerprint density at radius 1 is 1.31 bits per heavy atom. The van der Waals surface area contributed by atoms with E-state index in [0.717, 1.165) is 35.5 Å². The molecule has 1 aliphatic carbocycles. The van der Waals surface area contributed by atoms with Gasteiger partial charge in [0.15, 0.2) is 5.78 Å². The van der Waals surface area contributed by atoms with Crippen LogP contribution in [0.3, 0.4) is 0 Å². The first kappa shape index (κ1) is 18.3. The molecule has 1 amide bonds. The highest BCUT2D eigenvalue weighted by molar-refractivity contribution is 5.96. The summed E-state index contributed by atoms with van der Waals surface area (Å²) in [6.07, 6.45) is 4.37. The Bertz CT molecular complexity index is 836. The highest BCUT2D eigenvalue weighted by Gasteiger charge is 2.34. The third-order valence-corrected chi connectivity index (χ3v) is 4.95. The lowest BCUT2D eigenvalue weighted by atomic mass is 10.1. The molecule has 2 heterocycles. The Kier molecular flexibility index (Phi) is 5.20. The van der Waals surface area contributed by atoms with E-state index in [1.165, 1.54) is 0 Å². The van der Waals surface area contributed by atoms with Crippen molar-refractivity contribution >= 4 is 11.7 Å². The highest BCUT2D eigenvalue weighted by atomic mass is 16.1. The van der Waals surface area contributed by atoms with Gasteiger partial charge in [-0.3, -0.25) is 19.3 Å². The van der Waals surface area contributed by atoms with E-state index >= 15 is 0 Å². The second-order valence-corrected chi connectivity index (χ2v) is 7.22. The molecule has 1 saturated carbocycles. The maximum Gasteiger partial charge on any atom is 0.222 e. The zero-order valence-electron chi connectivity index (χ0n) is 15.9. The van der Waals surface area contributed by atoms with Gasteiger partial charge in [0.2, 0.25) is 5.91 Å². The summed E-state index contributed by atoms with van der Waals surface area (Å²) < 4.78 is 1.75. The molecule has 0 bridgehead atoms. The molecular formula is C20H26N4O2. The predicted octanol–water partition coefficient (Wildman–Crippen LogP) is 3.06. The second kappa shape index (κ2) is 7.40. The fourth-order valence-corrected chi connectivity index (χ4v) is 3.47. The average molecular weight is 354 g/mol. The number of carbonyl (C=O) groups excluding carboxylic acids is 2. The summed E-state index contributed by atoms with van der Waals surface area (Å²) >= 11 is 0. The first-order valence-corrected chi connectivity index (χ1v) is 9.13. The number of nitrogens with zero attached hydrogens (tertiary/aromatic N) is 3. The highest BCUT2D eigenvalue weighted by Crippen LogP contribution is 2.40. The van der Waals surface area contributed by atoms with Crippen molar-refractivity contribution in [2.45, 2.75) is 59.5 Å². The Balaban J connectivity index is 1.65. The number of hydrogen-bond donors (Lipinski definition) is 1. The van der Waals surface area contributed by atoms with Crippen LogP contribution in [0.5, 0.6) is 0 Å². The van der Waals surface area contributed by atoms with E-state index in [1.54, 1.807) is 17.8 Å². The first-order chi connectivity index (χ1) is 12.4. The Morgan fingerprint density at radius 3 is 2.62 bits per heavy atom. The third-order valence-electron chi connectivity index (χ3n) is 4.95. The maximum absolute atomic E-state index is 12.5. The predicted molar refractivity (Wildman–Crippen MR) is 98.9 cm³/mol. The van der Waals surface area contributed by atoms with E-state index in [1.807, 2.05) is 32.9 Å². The van der Waals surface area contributed by atoms with Crippen molar-refractivity contribution in [1.29, 1.82) is 0 Å². The quantitative estimate of drug-likeness (QED) is 0.775. The van der Waals surface area contributed by atoms with Gasteiger partial charge in [-0.1, -0.05) is 0 Å². The Labute approximate surface area is 154 Å². The molecule has 138 valence electrons. The fraction of sp³-hybridized carbons (Fsp3) is 0.500. The summed E-state index contributed by atoms with van der Waals surface area (Å²) in [6.45, 7) is 7.74. The molecule has 26 heavy (non-hydrogen) atoms. The summed E-state index contributed by atoms with van der Waals surface area (Å²) in [5.41, 5.74) is 4.28. The summed E-state index contributed by atoms with van der Waals surface area (Å²) in [5, 5.41) is 7.55. The molecule has 0 aliphatic heterocycles. The van der Waals surface area contributed by atoms with Crippen LogP contribution < -0.4 is 5.32 Å². The van der Waals surface area contributed by atoms with Crippen LogP contribution >= 0.6 is 0 Å². The van der Waals surface area contributed by atoms with Gasteiger partial charge in [0.25, 0.3) is 0 Å². The van der Waals surface area contributed by atoms with Crippen LogP contribution in [-0.4, -0.2) is 26.5 Å². The van der Waals surface area contributed by atoms with Crippen LogP contribution in [0.2, 0.25) is 0 Å². The second-order valence-electron chi connectivity index (χ2n) is 7.22. The summed E-state index contributed by atoms with van der Waals surface area (Å²) in [5.74, 6) is 0.475. The standard InChI is InChI=1S/C20H26N4O2/c1-12-7-9-21-17(11-12)20(16-5-6-16)22-18(26)8-10-24-14(3)19(15(4)25)13(2)23-24/h7,9,11,16,20H,5-6,8,10H2,1-4H3,(H,22,26)/t20-/m1/s1. The minimum absolute atomic E-state index is 0.00928. The number of carbonyl (C=O) groups is 2. The molecule has 1 aliphatic rings. The van der Waals surface area contributed by atoms with E-state index in [2.05, 4.69) is 15.4 Å². The van der Waals surface area contributed by atoms with Crippen molar-refractivity contribution in [2.24, 2.45) is 5.92 Å². The number of Topliss-reactive ketones (excluding diaryl/α,β-unsaturated/α-hetero) is 1. The van der Waals surface area contributed by atoms with Crippen molar-refractivity contribution in [2.75, 3.05) is 0 Å². The molecular weight excluding hydrogens is 328 g/mol. The molecule has 2 aromatic heterocycles. The molecule has 1 atom stereocenters. The number of aryl methyl sites for hydroxylation is 3. The molecule has 0 spiro atoms. The van der Waals surface area contributed by atoms with Gasteiger partial charge in [0.05, 0.1) is 23.0 Å². The van der Waals surface area contributed by atoms with E-state index in [-0.39, 0.29) is 17.7 Å². The van der Waals surface area contributed by atoms with Gasteiger partial charge in [-0.05, 0) is 64.2 Å². The van der Waals surface area contributed by atoms with Gasteiger partial charge in [-0.25, -0.2) is 0 Å². The number of amides is 1. The van der Waals surface area contributed by atoms with E-state index in [9.17, 15) is 9.59 Å². The zero-order valence-corrected chi connectivity index (χ0v) is 15.9. The summed E-state index contributed by atoms with van der Waals surface area (Å²) in [6, 6.07) is 3.99. The molecule has 0 radical (unpaired) electrons. The molecule has 6 heteroatoms. The molecule has 3 rings (SSSR count). The minimum Gasteiger partial charge on any atom is -0.347 e. The maximum atomic E-state index is 12.5. The van der Waals surface area contributed by atoms with Gasteiger partial charge in [-0.15, -0.1) is 0 Å². The van der Waals surface area contributed by atoms with Crippen LogP contribution in [0.4, 0.5) is 0 Å². The van der Waals surface area contributed by atoms with E-state index in [0.29, 0.717) is 24.4 Å². The third kappa shape index (κ3) is 4.00. The van der Waals surface area contributed by atoms with Gasteiger partial charge in [-0.2, -0.15) is 5.10 Å². The number of pyridine rings is 1. The molecule has 0 unspecified atom stereocenters. The molecule has 1 N–H and O–H groups in total. The van der Waals surface area contributed by atoms with Crippen LogP contribution in [0.1, 0.15) is 65.2 Å². The smallest absolute Gasteiger partial charge is 0.222 e. The average Bonchev–Trinajstić information content (AvgIpc) is 3.36. The topological polar surface area (TPSA) is 76.9 Å². The molecule has 1 fully saturated rings. The zero-order chi connectivity index (χ0) is 18.8. The molecule has 2 aromatic rings. The summed E-state index contributed by atoms with van der Waals surface area (Å²) in [4.78, 5) is 28.7. The van der Waals surface area contributed by atoms with Crippen molar-refractivity contribution in [3.63, 3.8) is 0 Å². The van der Waals surface area contributed by atoms with Crippen LogP contribution in [-0.2, 0) is 11.3 Å². The van der Waals surface area contributed by atoms with Crippen molar-refractivity contribution in [1.82, 2.24) is 20.1 Å². The van der Waals surface area contributed by atoms with Gasteiger partial charge >= 0.3 is 0 Å². The lowest BCUT2D eigenvalue weighted by Gasteiger charge is -2.18. The monoisotopic (exact) mass is 354 g/mol. The lowest BCUT2D eigenvalue weighted by Crippen LogP contribution is -2.31. The Morgan fingerprint density at radius 2 is 2.04 bits per heavy atom. The van der Waals surface area contributed by atoms with Crippen LogP contribution in [0, 0.1) is 26.7 Å². The Hall–Kier alpha value is -2.50. The number of hydrogen-bond acceptors (Lipinski definition) is 4. The van der Waals surface area contributed by atoms with Gasteiger partial charge in [0.1, 0.15) is 0 Å². The van der Waals surface area contributed by atoms with Crippen LogP contribution in [0.15, 0.2) is 18.3 Å². The van der Waals surface area contributed by atoms with Crippen molar-refractivity contribution < 1.29 is 9.59 Å². The molecule has 0 aromatic carbocycles. The summed E-state index contributed by atoms with van der Waals surface area (Å²) in [7, 11) is 0. The van der Waals surface area contributed by atoms with Gasteiger partial charge < -0.3 is 5.32 Å². The van der Waals surface area contributed by atoms with Crippen LogP contribution in [0.25, 0.3) is 0 Å². The molecule has 6 nitrogen and oxygen atoms in total. The largest absolute Gasteiger partial charge is 0.347 e. The molecule has 0 saturated heterocycles. The normalized spacial score (nSPS) is 14.9. The SMILES string of the molecule is CC(=O)c1c(C)nn(CCC(=O)N[C@@H](c2cc(C)ccn2)C2CC2)c1C. The first-order valence-electron chi connectivity index (χ1n) is 9.13. The number of rotatable bonds is 7. The number of aromatic nitrogens is 3. The van der Waals surface area contributed by atoms with Crippen molar-refractivity contribution in [3.8, 4) is 0 Å². The van der Waals surface area contributed by atoms with Crippen molar-refractivity contribution in [3.05, 3.63) is 46.5 Å². The fourth-order valence-electron chi connectivity index (χ4n) is 3.47. The minimum atomic E-state index is -0.0179. The number of ketones is 1. The van der Waals surface area contributed by atoms with Gasteiger partial charge in [0, 0.05) is 24.9 Å². The van der Waals surface area contributed by atoms with E-state index in [4.69, 9.17) is 0 Å².